The number of pyridine rings is 4. The maximum atomic E-state index is 13.5. The third-order valence-corrected chi connectivity index (χ3v) is 21.0. The van der Waals surface area contributed by atoms with E-state index in [1.165, 1.54) is 24.0 Å². The molecule has 0 spiro atoms. The maximum Gasteiger partial charge on any atom is 0.421 e. The molecule has 28 nitrogen and oxygen atoms in total. The number of aromatic nitrogens is 12. The Bertz CT molecular complexity index is 6990. The van der Waals surface area contributed by atoms with Crippen LogP contribution in [0, 0.1) is 0 Å². The van der Waals surface area contributed by atoms with Crippen molar-refractivity contribution in [3.05, 3.63) is 349 Å². The molecule has 15 N–H and O–H groups in total. The van der Waals surface area contributed by atoms with E-state index >= 15 is 0 Å². The number of primary amides is 1. The molecule has 628 valence electrons. The number of hydrogen-bond acceptors (Lipinski definition) is 22. The fourth-order valence-corrected chi connectivity index (χ4v) is 15.1. The number of benzene rings is 8. The number of nitrogen functional groups attached to an aromatic ring is 4. The number of anilines is 8. The molecule has 0 fully saturated rings. The summed E-state index contributed by atoms with van der Waals surface area (Å²) in [5.74, 6) is -0.643. The Balaban J connectivity index is 0.000000142. The first-order valence-corrected chi connectivity index (χ1v) is 39.7. The van der Waals surface area contributed by atoms with Crippen LogP contribution >= 0.6 is 58.0 Å². The van der Waals surface area contributed by atoms with Crippen LogP contribution in [0.1, 0.15) is 101 Å². The fraction of sp³-hybridized carbons (Fsp3) is 0.114. The Morgan fingerprint density at radius 2 is 0.677 bits per heavy atom. The van der Waals surface area contributed by atoms with Crippen LogP contribution in [0.2, 0.25) is 25.4 Å². The number of carbonyl (C=O) groups excluding carboxylic acids is 2. The Hall–Kier alpha value is -14.5. The summed E-state index contributed by atoms with van der Waals surface area (Å²) in [7, 11) is 1.52. The van der Waals surface area contributed by atoms with Gasteiger partial charge in [-0.05, 0) is 158 Å². The minimum Gasteiger partial charge on any atom is -0.383 e. The molecular weight excluding hydrogens is 1700 g/mol. The summed E-state index contributed by atoms with van der Waals surface area (Å²) < 4.78 is 46.7. The third kappa shape index (κ3) is 19.1. The highest BCUT2D eigenvalue weighted by Crippen LogP contribution is 2.38. The van der Waals surface area contributed by atoms with Crippen molar-refractivity contribution in [3.8, 4) is 22.7 Å². The number of nitrogens with two attached hydrogens (primary N) is 5. The van der Waals surface area contributed by atoms with Gasteiger partial charge < -0.3 is 55.3 Å². The molecule has 124 heavy (non-hydrogen) atoms. The van der Waals surface area contributed by atoms with E-state index in [1.807, 2.05) is 154 Å². The molecule has 0 saturated heterocycles. The van der Waals surface area contributed by atoms with Crippen LogP contribution in [-0.4, -0.2) is 77.0 Å². The van der Waals surface area contributed by atoms with Crippen LogP contribution in [0.15, 0.2) is 262 Å². The maximum absolute atomic E-state index is 13.5. The Morgan fingerprint density at radius 1 is 0.379 bits per heavy atom. The van der Waals surface area contributed by atoms with E-state index in [4.69, 9.17) is 86.7 Å². The summed E-state index contributed by atoms with van der Waals surface area (Å²) in [6.45, 7) is 7.27. The van der Waals surface area contributed by atoms with E-state index in [1.54, 1.807) is 112 Å². The van der Waals surface area contributed by atoms with Crippen molar-refractivity contribution in [1.29, 1.82) is 0 Å². The second kappa shape index (κ2) is 37.6. The second-order valence-corrected chi connectivity index (χ2v) is 29.8. The van der Waals surface area contributed by atoms with Crippen molar-refractivity contribution >= 4 is 160 Å². The van der Waals surface area contributed by atoms with Crippen molar-refractivity contribution in [2.24, 2.45) is 5.73 Å². The van der Waals surface area contributed by atoms with Crippen molar-refractivity contribution in [3.63, 3.8) is 0 Å². The smallest absolute Gasteiger partial charge is 0.383 e. The van der Waals surface area contributed by atoms with E-state index in [0.29, 0.717) is 98.9 Å². The fourth-order valence-electron chi connectivity index (χ4n) is 13.9. The third-order valence-electron chi connectivity index (χ3n) is 19.5. The van der Waals surface area contributed by atoms with E-state index in [9.17, 15) is 41.9 Å². The zero-order valence-electron chi connectivity index (χ0n) is 66.1. The van der Waals surface area contributed by atoms with Crippen LogP contribution in [0.5, 0.6) is 0 Å². The van der Waals surface area contributed by atoms with Gasteiger partial charge in [0.2, 0.25) is 23.1 Å². The first kappa shape index (κ1) is 87.3. The number of rotatable bonds is 18. The highest BCUT2D eigenvalue weighted by Gasteiger charge is 2.36. The predicted molar refractivity (Wildman–Crippen MR) is 484 cm³/mol. The van der Waals surface area contributed by atoms with Gasteiger partial charge in [-0.3, -0.25) is 47.0 Å². The molecule has 2 amide bonds. The molecule has 0 aliphatic rings. The van der Waals surface area contributed by atoms with E-state index < -0.39 is 41.6 Å². The molecule has 0 aliphatic carbocycles. The van der Waals surface area contributed by atoms with E-state index in [-0.39, 0.29) is 90.9 Å². The monoisotopic (exact) mass is 1770 g/mol. The summed E-state index contributed by atoms with van der Waals surface area (Å²) in [6, 6.07) is 64.8. The average molecular weight is 1770 g/mol. The van der Waals surface area contributed by atoms with Gasteiger partial charge in [-0.15, -0.1) is 0 Å². The number of hydrogen-bond donors (Lipinski definition) is 10. The van der Waals surface area contributed by atoms with Crippen molar-refractivity contribution in [1.82, 2.24) is 63.5 Å². The molecule has 0 radical (unpaired) electrons. The number of fused-ring (bicyclic) bond motifs is 4. The molecule has 0 unspecified atom stereocenters. The number of para-hydroxylation sites is 4. The molecule has 4 atom stereocenters. The molecule has 8 aromatic heterocycles. The number of carbonyl (C=O) groups is 2. The zero-order valence-corrected chi connectivity index (χ0v) is 69.9. The molecule has 8 heterocycles. The minimum atomic E-state index is -4.69. The normalized spacial score (nSPS) is 12.1. The van der Waals surface area contributed by atoms with Crippen molar-refractivity contribution < 1.29 is 22.8 Å². The first-order valence-electron chi connectivity index (χ1n) is 37.8. The quantitative estimate of drug-likeness (QED) is 0.0357. The van der Waals surface area contributed by atoms with Gasteiger partial charge >= 0.3 is 6.18 Å². The summed E-state index contributed by atoms with van der Waals surface area (Å²) in [4.78, 5) is 109. The SMILES string of the molecule is CNC(=O)c1cnc(N)nc1N[C@@H](C)c1cc2cccc(Cl)c2c(=O)n1-c1ccccc1.C[C@H](Nc1cc(N)nc(Cl)n1)c1cc2cccc(Cl)c2c(=O)n1-c1ccccc1.C[C@H](Nc1nc(N)ncc1C(F)(F)F)c1cc2cccc(Cl)c2c(=O)n1-c1ccccc1.C[C@H](Nc1nc(N)ncc1C(N)=O)c1cc2cccc(Cl)c2c(=O)n1-c1ccccc1. The standard InChI is InChI=1S/C23H21ClN6O2.C22H17ClF3N5O.C22H19ClN6O2.C21H17Cl2N5O/c1-13(28-20-16(21(31)26-2)12-27-23(25)29-20)18-11-14-7-6-10-17(24)19(14)22(32)30(18)15-8-4-3-5-9-15;1-12(29-19-15(22(24,25)26)11-28-21(27)30-19)17-10-13-6-5-9-16(23)18(13)20(32)31(17)14-7-3-2-4-8-14;1-12(27-20-15(19(24)30)11-26-22(25)28-20)17-10-13-6-5-9-16(23)18(13)21(31)29(17)14-7-3-2-4-8-14;1-12(25-18-11-17(24)26-21(23)27-18)16-10-13-6-5-9-15(22)19(13)20(29)28(16)14-7-3-2-4-8-14/h3-13H,1-2H3,(H,26,31)(H3,25,27,28,29);2-12H,1H3,(H3,27,28,29,30);2-12H,1H3,(H2,24,30)(H3,25,26,27,28);2-12H,1H3,(H3,24,25,26,27)/t13-;3*12-/m0000/s1. The number of alkyl halides is 3. The van der Waals surface area contributed by atoms with Crippen LogP contribution in [0.3, 0.4) is 0 Å². The Labute approximate surface area is 728 Å². The van der Waals surface area contributed by atoms with Gasteiger partial charge in [0, 0.05) is 77.2 Å². The number of nitrogens with one attached hydrogen (secondary N) is 5. The molecule has 0 saturated carbocycles. The summed E-state index contributed by atoms with van der Waals surface area (Å²) in [5, 5.41) is 20.8. The van der Waals surface area contributed by atoms with Gasteiger partial charge in [-0.2, -0.15) is 28.1 Å². The van der Waals surface area contributed by atoms with Gasteiger partial charge in [-0.1, -0.05) is 168 Å². The van der Waals surface area contributed by atoms with Gasteiger partial charge in [0.1, 0.15) is 40.2 Å². The molecule has 0 aliphatic heterocycles. The molecule has 16 aromatic rings. The van der Waals surface area contributed by atoms with Crippen molar-refractivity contribution in [2.45, 2.75) is 58.0 Å². The lowest BCUT2D eigenvalue weighted by molar-refractivity contribution is -0.137. The van der Waals surface area contributed by atoms with E-state index in [0.717, 1.165) is 16.8 Å². The van der Waals surface area contributed by atoms with Crippen LogP contribution in [-0.2, 0) is 6.18 Å². The first-order chi connectivity index (χ1) is 59.4. The Morgan fingerprint density at radius 3 is 0.992 bits per heavy atom. The Kier molecular flexibility index (Phi) is 26.5. The number of halogens is 8. The van der Waals surface area contributed by atoms with Crippen molar-refractivity contribution in [2.75, 3.05) is 51.2 Å². The summed E-state index contributed by atoms with van der Waals surface area (Å²) in [5.41, 5.74) is 31.5. The highest BCUT2D eigenvalue weighted by atomic mass is 35.5. The topological polar surface area (TPSA) is 416 Å². The lowest BCUT2D eigenvalue weighted by Gasteiger charge is -2.23. The van der Waals surface area contributed by atoms with Crippen LogP contribution in [0.25, 0.3) is 65.8 Å². The highest BCUT2D eigenvalue weighted by molar-refractivity contribution is 6.37. The molecule has 0 bridgehead atoms. The minimum absolute atomic E-state index is 0.00885. The molecule has 16 rings (SSSR count). The lowest BCUT2D eigenvalue weighted by atomic mass is 10.1. The van der Waals surface area contributed by atoms with Gasteiger partial charge in [0.15, 0.2) is 0 Å². The number of nitrogens with zero attached hydrogens (tertiary/aromatic N) is 12. The second-order valence-electron chi connectivity index (χ2n) is 27.8. The molecule has 8 aromatic carbocycles. The number of amides is 2. The average Bonchev–Trinajstić information content (AvgIpc) is 0.773. The van der Waals surface area contributed by atoms with Crippen LogP contribution in [0.4, 0.5) is 60.1 Å². The lowest BCUT2D eigenvalue weighted by Crippen LogP contribution is -2.27. The van der Waals surface area contributed by atoms with Crippen LogP contribution < -0.4 is 77.5 Å². The molecular formula is C88H74Cl5F3N22O6. The largest absolute Gasteiger partial charge is 0.421 e. The van der Waals surface area contributed by atoms with Gasteiger partial charge in [0.05, 0.1) is 71.4 Å². The van der Waals surface area contributed by atoms with Gasteiger partial charge in [-0.25, -0.2) is 24.9 Å². The zero-order chi connectivity index (χ0) is 88.5. The van der Waals surface area contributed by atoms with Gasteiger partial charge in [0.25, 0.3) is 34.1 Å². The predicted octanol–water partition coefficient (Wildman–Crippen LogP) is 16.9. The summed E-state index contributed by atoms with van der Waals surface area (Å²) in [6.07, 6.45) is -1.43. The summed E-state index contributed by atoms with van der Waals surface area (Å²) >= 11 is 31.3. The molecule has 36 heteroatoms. The van der Waals surface area contributed by atoms with E-state index in [2.05, 4.69) is 66.5 Å².